The maximum Gasteiger partial charge on any atom is 0.271 e. The molecule has 1 heterocycles. The first-order valence-corrected chi connectivity index (χ1v) is 11.6. The number of hydrogen-bond donors (Lipinski definition) is 2. The van der Waals surface area contributed by atoms with E-state index in [9.17, 15) is 9.90 Å². The lowest BCUT2D eigenvalue weighted by molar-refractivity contribution is 0.0955. The van der Waals surface area contributed by atoms with Crippen LogP contribution in [-0.2, 0) is 0 Å². The van der Waals surface area contributed by atoms with Gasteiger partial charge in [0, 0.05) is 27.0 Å². The predicted molar refractivity (Wildman–Crippen MR) is 138 cm³/mol. The summed E-state index contributed by atoms with van der Waals surface area (Å²) in [7, 11) is 0. The van der Waals surface area contributed by atoms with E-state index < -0.39 is 0 Å². The van der Waals surface area contributed by atoms with Crippen LogP contribution in [0.15, 0.2) is 88.4 Å². The minimum atomic E-state index is -0.324. The topological polar surface area (TPSA) is 75.8 Å². The lowest BCUT2D eigenvalue weighted by Crippen LogP contribution is -2.17. The maximum atomic E-state index is 12.6. The Morgan fingerprint density at radius 1 is 1.09 bits per heavy atom. The van der Waals surface area contributed by atoms with Gasteiger partial charge < -0.3 is 14.4 Å². The molecule has 1 aromatic heterocycles. The molecule has 34 heavy (non-hydrogen) atoms. The van der Waals surface area contributed by atoms with E-state index in [1.807, 2.05) is 37.3 Å². The third-order valence-electron chi connectivity index (χ3n) is 5.28. The average Bonchev–Trinajstić information content (AvgIpc) is 3.24. The first-order chi connectivity index (χ1) is 16.5. The van der Waals surface area contributed by atoms with E-state index in [4.69, 9.17) is 4.74 Å². The van der Waals surface area contributed by atoms with Crippen molar-refractivity contribution in [1.82, 2.24) is 9.99 Å². The molecule has 0 fully saturated rings. The molecule has 3 aromatic carbocycles. The van der Waals surface area contributed by atoms with Crippen LogP contribution in [0.3, 0.4) is 0 Å². The minimum absolute atomic E-state index is 0.0309. The zero-order chi connectivity index (χ0) is 24.1. The van der Waals surface area contributed by atoms with Crippen LogP contribution in [0.2, 0.25) is 0 Å². The van der Waals surface area contributed by atoms with Gasteiger partial charge in [0.2, 0.25) is 0 Å². The summed E-state index contributed by atoms with van der Waals surface area (Å²) in [6.45, 7) is 4.31. The van der Waals surface area contributed by atoms with Crippen LogP contribution in [0.4, 0.5) is 0 Å². The average molecular weight is 518 g/mol. The molecule has 172 valence electrons. The number of hydrogen-bond acceptors (Lipinski definition) is 4. The number of aromatic hydroxyl groups is 1. The second-order valence-corrected chi connectivity index (χ2v) is 8.44. The molecule has 6 nitrogen and oxygen atoms in total. The minimum Gasteiger partial charge on any atom is -0.504 e. The van der Waals surface area contributed by atoms with E-state index in [0.717, 1.165) is 22.6 Å². The van der Waals surface area contributed by atoms with Crippen molar-refractivity contribution in [3.63, 3.8) is 0 Å². The fourth-order valence-electron chi connectivity index (χ4n) is 3.63. The lowest BCUT2D eigenvalue weighted by atomic mass is 10.1. The Hall–Kier alpha value is -3.84. The molecule has 4 aromatic rings. The number of phenolic OH excluding ortho intramolecular Hbond substituents is 1. The summed E-state index contributed by atoms with van der Waals surface area (Å²) in [6, 6.07) is 24.9. The molecule has 0 spiro atoms. The molecule has 2 N–H and O–H groups in total. The molecular formula is C27H24BrN3O3. The van der Waals surface area contributed by atoms with Crippen molar-refractivity contribution < 1.29 is 14.6 Å². The van der Waals surface area contributed by atoms with Crippen LogP contribution in [0.25, 0.3) is 16.9 Å². The SMILES string of the molecule is CCOc1cc(/C=N/NC(=O)c2ccc(-n3c(C)ccc3-c3ccccc3)cc2)c(Br)cc1O. The second kappa shape index (κ2) is 10.4. The molecule has 7 heteroatoms. The summed E-state index contributed by atoms with van der Waals surface area (Å²) in [6.07, 6.45) is 1.49. The van der Waals surface area contributed by atoms with Crippen LogP contribution in [0.5, 0.6) is 11.5 Å². The smallest absolute Gasteiger partial charge is 0.271 e. The fourth-order valence-corrected chi connectivity index (χ4v) is 4.06. The summed E-state index contributed by atoms with van der Waals surface area (Å²) < 4.78 is 8.19. The van der Waals surface area contributed by atoms with Crippen LogP contribution >= 0.6 is 15.9 Å². The van der Waals surface area contributed by atoms with Gasteiger partial charge in [-0.05, 0) is 83.9 Å². The van der Waals surface area contributed by atoms with Crippen LogP contribution in [0, 0.1) is 6.92 Å². The van der Waals surface area contributed by atoms with Crippen molar-refractivity contribution in [1.29, 1.82) is 0 Å². The Morgan fingerprint density at radius 3 is 2.53 bits per heavy atom. The monoisotopic (exact) mass is 517 g/mol. The van der Waals surface area contributed by atoms with Gasteiger partial charge in [0.05, 0.1) is 18.5 Å². The number of nitrogens with zero attached hydrogens (tertiary/aromatic N) is 2. The number of hydrazone groups is 1. The van der Waals surface area contributed by atoms with Crippen molar-refractivity contribution in [3.8, 4) is 28.4 Å². The standard InChI is InChI=1S/C27H24BrN3O3/c1-3-34-26-15-21(23(28)16-25(26)32)17-29-30-27(33)20-10-12-22(13-11-20)31-18(2)9-14-24(31)19-7-5-4-6-8-19/h4-17,32H,3H2,1-2H3,(H,30,33)/b29-17+. The van der Waals surface area contributed by atoms with Gasteiger partial charge in [-0.25, -0.2) is 5.43 Å². The molecule has 0 bridgehead atoms. The van der Waals surface area contributed by atoms with E-state index in [-0.39, 0.29) is 11.7 Å². The largest absolute Gasteiger partial charge is 0.504 e. The number of rotatable bonds is 7. The van der Waals surface area contributed by atoms with E-state index in [1.54, 1.807) is 18.2 Å². The number of nitrogens with one attached hydrogen (secondary N) is 1. The number of ether oxygens (including phenoxy) is 1. The van der Waals surface area contributed by atoms with Crippen LogP contribution < -0.4 is 10.2 Å². The van der Waals surface area contributed by atoms with Gasteiger partial charge in [-0.15, -0.1) is 0 Å². The van der Waals surface area contributed by atoms with Crippen molar-refractivity contribution >= 4 is 28.1 Å². The highest BCUT2D eigenvalue weighted by Gasteiger charge is 2.11. The van der Waals surface area contributed by atoms with Gasteiger partial charge in [0.15, 0.2) is 11.5 Å². The van der Waals surface area contributed by atoms with E-state index >= 15 is 0 Å². The summed E-state index contributed by atoms with van der Waals surface area (Å²) in [5.74, 6) is 0.0582. The van der Waals surface area contributed by atoms with E-state index in [1.165, 1.54) is 12.3 Å². The Morgan fingerprint density at radius 2 is 1.82 bits per heavy atom. The van der Waals surface area contributed by atoms with Crippen LogP contribution in [0.1, 0.15) is 28.5 Å². The van der Waals surface area contributed by atoms with Gasteiger partial charge in [-0.1, -0.05) is 30.3 Å². The summed E-state index contributed by atoms with van der Waals surface area (Å²) in [5.41, 5.74) is 7.98. The lowest BCUT2D eigenvalue weighted by Gasteiger charge is -2.12. The summed E-state index contributed by atoms with van der Waals surface area (Å²) >= 11 is 3.38. The number of halogens is 1. The molecule has 0 aliphatic heterocycles. The molecule has 0 atom stereocenters. The van der Waals surface area contributed by atoms with Gasteiger partial charge >= 0.3 is 0 Å². The summed E-state index contributed by atoms with van der Waals surface area (Å²) in [4.78, 5) is 12.6. The van der Waals surface area contributed by atoms with E-state index in [0.29, 0.717) is 28.0 Å². The first kappa shape index (κ1) is 23.3. The molecule has 0 unspecified atom stereocenters. The van der Waals surface area contributed by atoms with Gasteiger partial charge in [0.25, 0.3) is 5.91 Å². The van der Waals surface area contributed by atoms with Gasteiger partial charge in [0.1, 0.15) is 0 Å². The zero-order valence-electron chi connectivity index (χ0n) is 18.8. The molecule has 4 rings (SSSR count). The van der Waals surface area contributed by atoms with Crippen molar-refractivity contribution in [2.75, 3.05) is 6.61 Å². The molecule has 0 aliphatic rings. The highest BCUT2D eigenvalue weighted by Crippen LogP contribution is 2.32. The fraction of sp³-hybridized carbons (Fsp3) is 0.111. The third-order valence-corrected chi connectivity index (χ3v) is 5.97. The Kier molecular flexibility index (Phi) is 7.13. The molecular weight excluding hydrogens is 494 g/mol. The van der Waals surface area contributed by atoms with Crippen molar-refractivity contribution in [2.45, 2.75) is 13.8 Å². The highest BCUT2D eigenvalue weighted by atomic mass is 79.9. The molecule has 0 radical (unpaired) electrons. The van der Waals surface area contributed by atoms with Crippen molar-refractivity contribution in [2.24, 2.45) is 5.10 Å². The zero-order valence-corrected chi connectivity index (χ0v) is 20.4. The number of carbonyl (C=O) groups excluding carboxylic acids is 1. The number of aryl methyl sites for hydroxylation is 1. The number of amides is 1. The molecule has 0 saturated carbocycles. The number of phenols is 1. The molecule has 0 aliphatic carbocycles. The number of aromatic nitrogens is 1. The number of carbonyl (C=O) groups is 1. The Labute approximate surface area is 206 Å². The second-order valence-electron chi connectivity index (χ2n) is 7.58. The maximum absolute atomic E-state index is 12.6. The third kappa shape index (κ3) is 5.05. The van der Waals surface area contributed by atoms with Crippen LogP contribution in [-0.4, -0.2) is 28.4 Å². The Bertz CT molecular complexity index is 1330. The predicted octanol–water partition coefficient (Wildman–Crippen LogP) is 6.08. The normalized spacial score (nSPS) is 11.0. The quantitative estimate of drug-likeness (QED) is 0.230. The van der Waals surface area contributed by atoms with Gasteiger partial charge in [-0.2, -0.15) is 5.10 Å². The summed E-state index contributed by atoms with van der Waals surface area (Å²) in [5, 5.41) is 14.0. The molecule has 1 amide bonds. The van der Waals surface area contributed by atoms with Crippen molar-refractivity contribution in [3.05, 3.63) is 100 Å². The van der Waals surface area contributed by atoms with E-state index in [2.05, 4.69) is 62.2 Å². The number of benzene rings is 3. The molecule has 0 saturated heterocycles. The highest BCUT2D eigenvalue weighted by molar-refractivity contribution is 9.10. The Balaban J connectivity index is 1.49. The first-order valence-electron chi connectivity index (χ1n) is 10.8. The van der Waals surface area contributed by atoms with Gasteiger partial charge in [-0.3, -0.25) is 4.79 Å².